The molecule has 0 radical (unpaired) electrons. The van der Waals surface area contributed by atoms with Crippen molar-refractivity contribution in [2.45, 2.75) is 27.2 Å². The van der Waals surface area contributed by atoms with Gasteiger partial charge in [-0.2, -0.15) is 5.10 Å². The molecule has 2 aromatic carbocycles. The Kier molecular flexibility index (Phi) is 5.74. The SMILES string of the molecule is CCc1cc(-c2n[nH]c(=S)n2-c2ccc(OC)c(N(C)CC)c2)c(O)cc1C. The number of hydrogen-bond donors (Lipinski definition) is 2. The first-order valence-corrected chi connectivity index (χ1v) is 9.71. The first-order valence-electron chi connectivity index (χ1n) is 9.31. The second-order valence-corrected chi connectivity index (χ2v) is 7.09. The molecule has 148 valence electrons. The second-order valence-electron chi connectivity index (χ2n) is 6.71. The van der Waals surface area contributed by atoms with E-state index in [4.69, 9.17) is 17.0 Å². The number of aromatic nitrogens is 3. The Labute approximate surface area is 170 Å². The Balaban J connectivity index is 2.22. The molecule has 0 bridgehead atoms. The average Bonchev–Trinajstić information content (AvgIpc) is 3.08. The summed E-state index contributed by atoms with van der Waals surface area (Å²) < 4.78 is 7.81. The number of aromatic hydroxyl groups is 1. The van der Waals surface area contributed by atoms with Gasteiger partial charge in [0.15, 0.2) is 10.6 Å². The highest BCUT2D eigenvalue weighted by Crippen LogP contribution is 2.35. The molecule has 0 fully saturated rings. The summed E-state index contributed by atoms with van der Waals surface area (Å²) in [7, 11) is 3.67. The standard InChI is InChI=1S/C21H26N4O2S/c1-6-14-11-16(18(26)10-13(14)3)20-22-23-21(28)25(20)15-8-9-19(27-5)17(12-15)24(4)7-2/h8-12,26H,6-7H2,1-5H3,(H,23,28). The van der Waals surface area contributed by atoms with Crippen LogP contribution in [0.3, 0.4) is 0 Å². The monoisotopic (exact) mass is 398 g/mol. The minimum atomic E-state index is 0.185. The molecule has 3 rings (SSSR count). The summed E-state index contributed by atoms with van der Waals surface area (Å²) in [5.41, 5.74) is 4.67. The lowest BCUT2D eigenvalue weighted by Gasteiger charge is -2.21. The molecule has 0 spiro atoms. The van der Waals surface area contributed by atoms with Crippen LogP contribution in [0.5, 0.6) is 11.5 Å². The van der Waals surface area contributed by atoms with Gasteiger partial charge in [-0.1, -0.05) is 6.92 Å². The fourth-order valence-corrected chi connectivity index (χ4v) is 3.54. The third-order valence-electron chi connectivity index (χ3n) is 5.05. The number of phenolic OH excluding ortho intramolecular Hbond substituents is 1. The number of rotatable bonds is 6. The topological polar surface area (TPSA) is 66.3 Å². The Morgan fingerprint density at radius 3 is 2.64 bits per heavy atom. The lowest BCUT2D eigenvalue weighted by molar-refractivity contribution is 0.415. The van der Waals surface area contributed by atoms with E-state index in [0.29, 0.717) is 16.2 Å². The van der Waals surface area contributed by atoms with Gasteiger partial charge in [0.2, 0.25) is 0 Å². The fraction of sp³-hybridized carbons (Fsp3) is 0.333. The summed E-state index contributed by atoms with van der Waals surface area (Å²) in [5, 5.41) is 17.9. The number of anilines is 1. The average molecular weight is 399 g/mol. The maximum atomic E-state index is 10.6. The molecule has 0 saturated heterocycles. The van der Waals surface area contributed by atoms with E-state index in [-0.39, 0.29) is 5.75 Å². The van der Waals surface area contributed by atoms with Gasteiger partial charge in [-0.05, 0) is 73.9 Å². The predicted molar refractivity (Wildman–Crippen MR) is 115 cm³/mol. The zero-order valence-corrected chi connectivity index (χ0v) is 17.7. The molecular weight excluding hydrogens is 372 g/mol. The lowest BCUT2D eigenvalue weighted by Crippen LogP contribution is -2.17. The van der Waals surface area contributed by atoms with E-state index >= 15 is 0 Å². The van der Waals surface area contributed by atoms with Gasteiger partial charge >= 0.3 is 0 Å². The Morgan fingerprint density at radius 1 is 1.25 bits per heavy atom. The lowest BCUT2D eigenvalue weighted by atomic mass is 10.0. The first kappa shape index (κ1) is 19.9. The molecule has 1 heterocycles. The van der Waals surface area contributed by atoms with Gasteiger partial charge in [0, 0.05) is 13.6 Å². The highest BCUT2D eigenvalue weighted by molar-refractivity contribution is 7.71. The molecule has 0 aliphatic carbocycles. The van der Waals surface area contributed by atoms with Gasteiger partial charge in [-0.25, -0.2) is 0 Å². The molecule has 3 aromatic rings. The van der Waals surface area contributed by atoms with E-state index in [1.165, 1.54) is 0 Å². The quantitative estimate of drug-likeness (QED) is 0.592. The molecule has 0 amide bonds. The third kappa shape index (κ3) is 3.49. The number of ether oxygens (including phenoxy) is 1. The van der Waals surface area contributed by atoms with Crippen LogP contribution in [-0.4, -0.2) is 40.6 Å². The zero-order valence-electron chi connectivity index (χ0n) is 16.9. The number of H-pyrrole nitrogens is 1. The summed E-state index contributed by atoms with van der Waals surface area (Å²) >= 11 is 5.50. The number of phenols is 1. The molecule has 1 aromatic heterocycles. The molecule has 28 heavy (non-hydrogen) atoms. The van der Waals surface area contributed by atoms with Crippen molar-refractivity contribution in [2.24, 2.45) is 0 Å². The number of nitrogens with zero attached hydrogens (tertiary/aromatic N) is 3. The van der Waals surface area contributed by atoms with Crippen molar-refractivity contribution in [2.75, 3.05) is 25.6 Å². The van der Waals surface area contributed by atoms with E-state index in [1.807, 2.05) is 42.8 Å². The summed E-state index contributed by atoms with van der Waals surface area (Å²) in [4.78, 5) is 2.10. The van der Waals surface area contributed by atoms with E-state index < -0.39 is 0 Å². The summed E-state index contributed by atoms with van der Waals surface area (Å²) in [5.74, 6) is 1.55. The summed E-state index contributed by atoms with van der Waals surface area (Å²) in [6, 6.07) is 9.63. The van der Waals surface area contributed by atoms with Crippen LogP contribution in [0, 0.1) is 11.7 Å². The van der Waals surface area contributed by atoms with Crippen molar-refractivity contribution in [3.8, 4) is 28.6 Å². The molecular formula is C21H26N4O2S. The van der Waals surface area contributed by atoms with E-state index in [2.05, 4.69) is 28.9 Å². The van der Waals surface area contributed by atoms with Gasteiger partial charge in [0.1, 0.15) is 11.5 Å². The third-order valence-corrected chi connectivity index (χ3v) is 5.33. The number of benzene rings is 2. The maximum absolute atomic E-state index is 10.6. The van der Waals surface area contributed by atoms with Crippen LogP contribution in [0.2, 0.25) is 0 Å². The molecule has 6 nitrogen and oxygen atoms in total. The normalized spacial score (nSPS) is 10.9. The Hall–Kier alpha value is -2.80. The number of nitrogens with one attached hydrogen (secondary N) is 1. The van der Waals surface area contributed by atoms with Crippen molar-refractivity contribution in [3.63, 3.8) is 0 Å². The fourth-order valence-electron chi connectivity index (χ4n) is 3.30. The highest BCUT2D eigenvalue weighted by atomic mass is 32.1. The number of aryl methyl sites for hydroxylation is 2. The number of aromatic amines is 1. The van der Waals surface area contributed by atoms with Gasteiger partial charge in [0.25, 0.3) is 0 Å². The van der Waals surface area contributed by atoms with Gasteiger partial charge in [-0.15, -0.1) is 0 Å². The van der Waals surface area contributed by atoms with Crippen LogP contribution in [0.4, 0.5) is 5.69 Å². The highest BCUT2D eigenvalue weighted by Gasteiger charge is 2.18. The molecule has 2 N–H and O–H groups in total. The molecule has 7 heteroatoms. The van der Waals surface area contributed by atoms with E-state index in [0.717, 1.165) is 41.2 Å². The Bertz CT molecular complexity index is 1060. The van der Waals surface area contributed by atoms with Crippen LogP contribution in [0.1, 0.15) is 25.0 Å². The molecule has 0 saturated carbocycles. The van der Waals surface area contributed by atoms with Crippen molar-refractivity contribution >= 4 is 17.9 Å². The van der Waals surface area contributed by atoms with Crippen LogP contribution < -0.4 is 9.64 Å². The molecule has 0 atom stereocenters. The Morgan fingerprint density at radius 2 is 2.00 bits per heavy atom. The van der Waals surface area contributed by atoms with E-state index in [9.17, 15) is 5.11 Å². The summed E-state index contributed by atoms with van der Waals surface area (Å²) in [6.45, 7) is 7.01. The minimum absolute atomic E-state index is 0.185. The van der Waals surface area contributed by atoms with Crippen molar-refractivity contribution < 1.29 is 9.84 Å². The van der Waals surface area contributed by atoms with Crippen molar-refractivity contribution in [1.82, 2.24) is 14.8 Å². The van der Waals surface area contributed by atoms with Crippen molar-refractivity contribution in [1.29, 1.82) is 0 Å². The number of methoxy groups -OCH3 is 1. The predicted octanol–water partition coefficient (Wildman–Crippen LogP) is 4.64. The zero-order chi connectivity index (χ0) is 20.4. The van der Waals surface area contributed by atoms with Crippen LogP contribution in [0.25, 0.3) is 17.1 Å². The molecule has 0 aliphatic rings. The van der Waals surface area contributed by atoms with E-state index in [1.54, 1.807) is 13.2 Å². The van der Waals surface area contributed by atoms with Crippen LogP contribution in [0.15, 0.2) is 30.3 Å². The smallest absolute Gasteiger partial charge is 0.200 e. The van der Waals surface area contributed by atoms with Gasteiger partial charge in [-0.3, -0.25) is 9.67 Å². The second kappa shape index (κ2) is 8.06. The maximum Gasteiger partial charge on any atom is 0.200 e. The molecule has 0 unspecified atom stereocenters. The summed E-state index contributed by atoms with van der Waals surface area (Å²) in [6.07, 6.45) is 0.873. The minimum Gasteiger partial charge on any atom is -0.507 e. The first-order chi connectivity index (χ1) is 13.4. The number of hydrogen-bond acceptors (Lipinski definition) is 5. The molecule has 0 aliphatic heterocycles. The van der Waals surface area contributed by atoms with Crippen LogP contribution in [-0.2, 0) is 6.42 Å². The largest absolute Gasteiger partial charge is 0.507 e. The van der Waals surface area contributed by atoms with Crippen molar-refractivity contribution in [3.05, 3.63) is 46.2 Å². The van der Waals surface area contributed by atoms with Gasteiger partial charge in [0.05, 0.1) is 24.0 Å². The van der Waals surface area contributed by atoms with Crippen LogP contribution >= 0.6 is 12.2 Å². The van der Waals surface area contributed by atoms with Gasteiger partial charge < -0.3 is 14.7 Å².